The van der Waals surface area contributed by atoms with Crippen LogP contribution in [0.2, 0.25) is 0 Å². The van der Waals surface area contributed by atoms with E-state index in [0.717, 1.165) is 30.9 Å². The molecule has 1 heterocycles. The van der Waals surface area contributed by atoms with Crippen LogP contribution in [0.5, 0.6) is 0 Å². The van der Waals surface area contributed by atoms with Gasteiger partial charge in [-0.25, -0.2) is 4.79 Å². The van der Waals surface area contributed by atoms with E-state index in [9.17, 15) is 4.79 Å². The summed E-state index contributed by atoms with van der Waals surface area (Å²) in [6.07, 6.45) is 1.00. The van der Waals surface area contributed by atoms with Crippen molar-refractivity contribution in [2.45, 2.75) is 19.9 Å². The molecule has 1 aliphatic heterocycles. The molecule has 0 bridgehead atoms. The normalized spacial score (nSPS) is 13.4. The predicted molar refractivity (Wildman–Crippen MR) is 85.7 cm³/mol. The summed E-state index contributed by atoms with van der Waals surface area (Å²) in [5.41, 5.74) is 5.33. The monoisotopic (exact) mass is 281 g/mol. The molecule has 3 N–H and O–H groups in total. The fourth-order valence-corrected chi connectivity index (χ4v) is 2.55. The van der Waals surface area contributed by atoms with Gasteiger partial charge in [-0.1, -0.05) is 29.8 Å². The number of hydrogen-bond donors (Lipinski definition) is 3. The van der Waals surface area contributed by atoms with Crippen LogP contribution < -0.4 is 16.0 Å². The highest BCUT2D eigenvalue weighted by molar-refractivity contribution is 6.00. The van der Waals surface area contributed by atoms with Crippen molar-refractivity contribution in [3.05, 3.63) is 59.2 Å². The molecule has 2 amide bonds. The van der Waals surface area contributed by atoms with Gasteiger partial charge in [0.25, 0.3) is 0 Å². The maximum Gasteiger partial charge on any atom is 0.323 e. The summed E-state index contributed by atoms with van der Waals surface area (Å²) in [5.74, 6) is 0. The fraction of sp³-hybridized carbons (Fsp3) is 0.235. The van der Waals surface area contributed by atoms with Crippen molar-refractivity contribution in [1.82, 2.24) is 5.32 Å². The van der Waals surface area contributed by atoms with E-state index in [0.29, 0.717) is 0 Å². The van der Waals surface area contributed by atoms with Crippen molar-refractivity contribution in [3.63, 3.8) is 0 Å². The number of hydrogen-bond acceptors (Lipinski definition) is 2. The Balaban J connectivity index is 1.71. The van der Waals surface area contributed by atoms with Crippen molar-refractivity contribution >= 4 is 17.4 Å². The Labute approximate surface area is 124 Å². The number of carbonyl (C=O) groups is 1. The van der Waals surface area contributed by atoms with Gasteiger partial charge in [0, 0.05) is 17.9 Å². The first-order valence-electron chi connectivity index (χ1n) is 7.18. The summed E-state index contributed by atoms with van der Waals surface area (Å²) >= 11 is 0. The highest BCUT2D eigenvalue weighted by Crippen LogP contribution is 2.23. The molecule has 4 heteroatoms. The zero-order valence-electron chi connectivity index (χ0n) is 12.1. The highest BCUT2D eigenvalue weighted by atomic mass is 16.2. The molecule has 21 heavy (non-hydrogen) atoms. The zero-order valence-corrected chi connectivity index (χ0v) is 12.1. The number of urea groups is 1. The van der Waals surface area contributed by atoms with Gasteiger partial charge in [0.1, 0.15) is 0 Å². The van der Waals surface area contributed by atoms with E-state index in [1.54, 1.807) is 0 Å². The summed E-state index contributed by atoms with van der Waals surface area (Å²) in [4.78, 5) is 12.1. The van der Waals surface area contributed by atoms with Gasteiger partial charge in [0.15, 0.2) is 0 Å². The van der Waals surface area contributed by atoms with Gasteiger partial charge in [-0.2, -0.15) is 0 Å². The molecule has 2 aromatic rings. The van der Waals surface area contributed by atoms with Gasteiger partial charge in [0.05, 0.1) is 0 Å². The Kier molecular flexibility index (Phi) is 3.88. The Bertz CT molecular complexity index is 650. The lowest BCUT2D eigenvalue weighted by Gasteiger charge is -2.20. The van der Waals surface area contributed by atoms with Crippen LogP contribution in [0.25, 0.3) is 0 Å². The summed E-state index contributed by atoms with van der Waals surface area (Å²) in [6.45, 7) is 3.81. The van der Waals surface area contributed by atoms with Crippen LogP contribution in [-0.2, 0) is 13.0 Å². The number of benzene rings is 2. The van der Waals surface area contributed by atoms with Crippen LogP contribution in [0.15, 0.2) is 42.5 Å². The van der Waals surface area contributed by atoms with E-state index in [-0.39, 0.29) is 6.03 Å². The molecule has 0 saturated heterocycles. The standard InChI is InChI=1S/C17H19N3O/c1-12-5-7-14(8-6-12)19-17(21)20-16-4-2-3-13-9-10-18-11-15(13)16/h2-8,18H,9-11H2,1H3,(H2,19,20,21). The van der Waals surface area contributed by atoms with Crippen molar-refractivity contribution in [1.29, 1.82) is 0 Å². The molecule has 0 fully saturated rings. The third kappa shape index (κ3) is 3.23. The second-order valence-electron chi connectivity index (χ2n) is 5.32. The van der Waals surface area contributed by atoms with Gasteiger partial charge in [0.2, 0.25) is 0 Å². The SMILES string of the molecule is Cc1ccc(NC(=O)Nc2cccc3c2CNCC3)cc1. The molecular formula is C17H19N3O. The predicted octanol–water partition coefficient (Wildman–Crippen LogP) is 3.28. The average molecular weight is 281 g/mol. The molecule has 1 aliphatic rings. The van der Waals surface area contributed by atoms with Crippen LogP contribution in [-0.4, -0.2) is 12.6 Å². The van der Waals surface area contributed by atoms with E-state index < -0.39 is 0 Å². The van der Waals surface area contributed by atoms with Gasteiger partial charge >= 0.3 is 6.03 Å². The first-order valence-corrected chi connectivity index (χ1v) is 7.18. The van der Waals surface area contributed by atoms with Gasteiger partial charge < -0.3 is 16.0 Å². The van der Waals surface area contributed by atoms with Crippen molar-refractivity contribution in [2.24, 2.45) is 0 Å². The smallest absolute Gasteiger partial charge is 0.312 e. The van der Waals surface area contributed by atoms with Gasteiger partial charge in [-0.15, -0.1) is 0 Å². The number of anilines is 2. The average Bonchev–Trinajstić information content (AvgIpc) is 2.50. The van der Waals surface area contributed by atoms with Gasteiger partial charge in [-0.05, 0) is 49.2 Å². The number of fused-ring (bicyclic) bond motifs is 1. The van der Waals surface area contributed by atoms with Crippen molar-refractivity contribution in [3.8, 4) is 0 Å². The molecule has 0 radical (unpaired) electrons. The van der Waals surface area contributed by atoms with E-state index in [4.69, 9.17) is 0 Å². The lowest BCUT2D eigenvalue weighted by Crippen LogP contribution is -2.26. The molecule has 0 aliphatic carbocycles. The molecule has 0 atom stereocenters. The number of rotatable bonds is 2. The minimum Gasteiger partial charge on any atom is -0.312 e. The van der Waals surface area contributed by atoms with Crippen LogP contribution in [0.3, 0.4) is 0 Å². The number of amides is 2. The lowest BCUT2D eigenvalue weighted by atomic mass is 9.99. The summed E-state index contributed by atoms with van der Waals surface area (Å²) in [7, 11) is 0. The molecule has 0 saturated carbocycles. The quantitative estimate of drug-likeness (QED) is 0.791. The number of nitrogens with one attached hydrogen (secondary N) is 3. The molecular weight excluding hydrogens is 262 g/mol. The maximum absolute atomic E-state index is 12.1. The third-order valence-electron chi connectivity index (χ3n) is 3.70. The second-order valence-corrected chi connectivity index (χ2v) is 5.32. The van der Waals surface area contributed by atoms with E-state index in [2.05, 4.69) is 22.0 Å². The highest BCUT2D eigenvalue weighted by Gasteiger charge is 2.13. The largest absolute Gasteiger partial charge is 0.323 e. The minimum atomic E-state index is -0.210. The van der Waals surface area contributed by atoms with Crippen molar-refractivity contribution < 1.29 is 4.79 Å². The number of carbonyl (C=O) groups excluding carboxylic acids is 1. The summed E-state index contributed by atoms with van der Waals surface area (Å²) in [5, 5.41) is 9.14. The Morgan fingerprint density at radius 3 is 2.71 bits per heavy atom. The van der Waals surface area contributed by atoms with Crippen LogP contribution in [0, 0.1) is 6.92 Å². The minimum absolute atomic E-state index is 0.210. The molecule has 108 valence electrons. The Hall–Kier alpha value is -2.33. The van der Waals surface area contributed by atoms with Crippen LogP contribution >= 0.6 is 0 Å². The first-order chi connectivity index (χ1) is 10.2. The van der Waals surface area contributed by atoms with Gasteiger partial charge in [-0.3, -0.25) is 0 Å². The molecule has 4 nitrogen and oxygen atoms in total. The molecule has 2 aromatic carbocycles. The summed E-state index contributed by atoms with van der Waals surface area (Å²) in [6, 6.07) is 13.6. The lowest BCUT2D eigenvalue weighted by molar-refractivity contribution is 0.262. The number of aryl methyl sites for hydroxylation is 1. The van der Waals surface area contributed by atoms with Crippen LogP contribution in [0.1, 0.15) is 16.7 Å². The molecule has 0 spiro atoms. The Morgan fingerprint density at radius 2 is 1.90 bits per heavy atom. The van der Waals surface area contributed by atoms with Crippen molar-refractivity contribution in [2.75, 3.05) is 17.2 Å². The maximum atomic E-state index is 12.1. The first kappa shape index (κ1) is 13.6. The molecule has 0 aromatic heterocycles. The molecule has 3 rings (SSSR count). The second kappa shape index (κ2) is 5.97. The zero-order chi connectivity index (χ0) is 14.7. The molecule has 0 unspecified atom stereocenters. The fourth-order valence-electron chi connectivity index (χ4n) is 2.55. The third-order valence-corrected chi connectivity index (χ3v) is 3.70. The van der Waals surface area contributed by atoms with E-state index in [1.165, 1.54) is 16.7 Å². The summed E-state index contributed by atoms with van der Waals surface area (Å²) < 4.78 is 0. The van der Waals surface area contributed by atoms with Crippen LogP contribution in [0.4, 0.5) is 16.2 Å². The van der Waals surface area contributed by atoms with E-state index >= 15 is 0 Å². The van der Waals surface area contributed by atoms with E-state index in [1.807, 2.05) is 43.3 Å². The topological polar surface area (TPSA) is 53.2 Å². The Morgan fingerprint density at radius 1 is 1.10 bits per heavy atom.